The van der Waals surface area contributed by atoms with Crippen LogP contribution in [-0.4, -0.2) is 40.9 Å². The average Bonchev–Trinajstić information content (AvgIpc) is 2.01. The fourth-order valence-corrected chi connectivity index (χ4v) is 1.37. The fraction of sp³-hybridized carbons (Fsp3) is 0.889. The molecule has 4 nitrogen and oxygen atoms in total. The molecule has 0 aromatic heterocycles. The number of aliphatic hydroxyl groups excluding tert-OH is 1. The van der Waals surface area contributed by atoms with Gasteiger partial charge in [0.1, 0.15) is 6.10 Å². The molecule has 1 rings (SSSR count). The first-order valence-corrected chi connectivity index (χ1v) is 4.54. The first-order chi connectivity index (χ1) is 5.95. The zero-order valence-corrected chi connectivity index (χ0v) is 8.41. The molecule has 0 aromatic carbocycles. The third-order valence-corrected chi connectivity index (χ3v) is 2.18. The van der Waals surface area contributed by atoms with Crippen LogP contribution in [0.15, 0.2) is 0 Å². The Morgan fingerprint density at radius 2 is 2.23 bits per heavy atom. The highest BCUT2D eigenvalue weighted by Crippen LogP contribution is 2.20. The van der Waals surface area contributed by atoms with Crippen molar-refractivity contribution in [2.75, 3.05) is 13.2 Å². The Morgan fingerprint density at radius 1 is 1.62 bits per heavy atom. The van der Waals surface area contributed by atoms with Crippen molar-refractivity contribution in [2.45, 2.75) is 38.8 Å². The van der Waals surface area contributed by atoms with Crippen molar-refractivity contribution in [3.63, 3.8) is 0 Å². The summed E-state index contributed by atoms with van der Waals surface area (Å²) in [6.45, 7) is 6.48. The van der Waals surface area contributed by atoms with E-state index in [1.54, 1.807) is 4.90 Å². The number of hydrogen-bond donors (Lipinski definition) is 1. The highest BCUT2D eigenvalue weighted by Gasteiger charge is 2.33. The molecule has 0 spiro atoms. The number of cyclic esters (lactones) is 1. The van der Waals surface area contributed by atoms with Crippen LogP contribution >= 0.6 is 0 Å². The van der Waals surface area contributed by atoms with Crippen LogP contribution in [0.5, 0.6) is 0 Å². The lowest BCUT2D eigenvalue weighted by atomic mass is 10.0. The number of carbonyl (C=O) groups is 1. The summed E-state index contributed by atoms with van der Waals surface area (Å²) in [5.41, 5.74) is -0.197. The Labute approximate surface area is 78.5 Å². The summed E-state index contributed by atoms with van der Waals surface area (Å²) in [7, 11) is 0. The normalized spacial score (nSPS) is 24.5. The van der Waals surface area contributed by atoms with Crippen molar-refractivity contribution >= 4 is 6.09 Å². The first kappa shape index (κ1) is 10.3. The molecule has 1 saturated heterocycles. The number of amides is 1. The summed E-state index contributed by atoms with van der Waals surface area (Å²) in [6.07, 6.45) is 0.0726. The number of rotatable bonds is 1. The van der Waals surface area contributed by atoms with E-state index in [0.717, 1.165) is 0 Å². The maximum Gasteiger partial charge on any atom is 0.410 e. The molecule has 76 valence electrons. The third-order valence-electron chi connectivity index (χ3n) is 2.18. The minimum atomic E-state index is -0.321. The maximum atomic E-state index is 11.4. The minimum Gasteiger partial charge on any atom is -0.444 e. The quantitative estimate of drug-likeness (QED) is 0.666. The van der Waals surface area contributed by atoms with Crippen LogP contribution in [0.25, 0.3) is 0 Å². The molecule has 1 amide bonds. The lowest BCUT2D eigenvalue weighted by Gasteiger charge is -2.39. The van der Waals surface area contributed by atoms with Crippen LogP contribution < -0.4 is 0 Å². The summed E-state index contributed by atoms with van der Waals surface area (Å²) in [5.74, 6) is 0. The van der Waals surface area contributed by atoms with Gasteiger partial charge in [0.2, 0.25) is 0 Å². The summed E-state index contributed by atoms with van der Waals surface area (Å²) >= 11 is 0. The Morgan fingerprint density at radius 3 is 2.62 bits per heavy atom. The van der Waals surface area contributed by atoms with Gasteiger partial charge in [-0.15, -0.1) is 0 Å². The molecular weight excluding hydrogens is 170 g/mol. The van der Waals surface area contributed by atoms with E-state index in [2.05, 4.69) is 0 Å². The lowest BCUT2D eigenvalue weighted by Crippen LogP contribution is -2.52. The summed E-state index contributed by atoms with van der Waals surface area (Å²) in [6, 6.07) is 0. The number of carbonyl (C=O) groups excluding carboxylic acids is 1. The molecule has 1 aliphatic rings. The number of nitrogens with zero attached hydrogens (tertiary/aromatic N) is 1. The highest BCUT2D eigenvalue weighted by molar-refractivity contribution is 5.69. The third kappa shape index (κ3) is 2.34. The predicted molar refractivity (Wildman–Crippen MR) is 48.4 cm³/mol. The zero-order valence-electron chi connectivity index (χ0n) is 8.41. The van der Waals surface area contributed by atoms with Gasteiger partial charge in [-0.3, -0.25) is 0 Å². The van der Waals surface area contributed by atoms with Crippen LogP contribution in [0.1, 0.15) is 27.2 Å². The Kier molecular flexibility index (Phi) is 2.81. The largest absolute Gasteiger partial charge is 0.444 e. The van der Waals surface area contributed by atoms with Crippen LogP contribution in [0.4, 0.5) is 4.79 Å². The van der Waals surface area contributed by atoms with Crippen molar-refractivity contribution in [2.24, 2.45) is 0 Å². The van der Waals surface area contributed by atoms with Gasteiger partial charge in [0, 0.05) is 18.5 Å². The van der Waals surface area contributed by atoms with Gasteiger partial charge in [-0.25, -0.2) is 4.79 Å². The van der Waals surface area contributed by atoms with Gasteiger partial charge < -0.3 is 14.7 Å². The van der Waals surface area contributed by atoms with Gasteiger partial charge in [0.25, 0.3) is 0 Å². The van der Waals surface area contributed by atoms with Crippen LogP contribution in [-0.2, 0) is 4.74 Å². The fourth-order valence-electron chi connectivity index (χ4n) is 1.37. The number of hydrogen-bond acceptors (Lipinski definition) is 3. The first-order valence-electron chi connectivity index (χ1n) is 4.54. The van der Waals surface area contributed by atoms with E-state index in [1.165, 1.54) is 0 Å². The van der Waals surface area contributed by atoms with Gasteiger partial charge in [-0.05, 0) is 20.8 Å². The van der Waals surface area contributed by atoms with Gasteiger partial charge in [-0.1, -0.05) is 0 Å². The monoisotopic (exact) mass is 187 g/mol. The molecule has 1 atom stereocenters. The average molecular weight is 187 g/mol. The second kappa shape index (κ2) is 3.54. The number of aliphatic hydroxyl groups is 1. The molecule has 1 fully saturated rings. The molecular formula is C9H17NO3. The SMILES string of the molecule is CC(C)(C)N1CCC(CO)OC1=O. The van der Waals surface area contributed by atoms with E-state index in [4.69, 9.17) is 9.84 Å². The van der Waals surface area contributed by atoms with E-state index in [9.17, 15) is 4.79 Å². The van der Waals surface area contributed by atoms with Crippen LogP contribution in [0, 0.1) is 0 Å². The van der Waals surface area contributed by atoms with E-state index in [1.807, 2.05) is 20.8 Å². The topological polar surface area (TPSA) is 49.8 Å². The molecule has 4 heteroatoms. The maximum absolute atomic E-state index is 11.4. The Hall–Kier alpha value is -0.770. The van der Waals surface area contributed by atoms with Crippen molar-refractivity contribution in [1.82, 2.24) is 4.90 Å². The van der Waals surface area contributed by atoms with E-state index in [-0.39, 0.29) is 24.3 Å². The summed E-state index contributed by atoms with van der Waals surface area (Å²) in [5, 5.41) is 8.80. The van der Waals surface area contributed by atoms with E-state index < -0.39 is 0 Å². The number of ether oxygens (including phenoxy) is 1. The van der Waals surface area contributed by atoms with Gasteiger partial charge in [-0.2, -0.15) is 0 Å². The van der Waals surface area contributed by atoms with E-state index in [0.29, 0.717) is 13.0 Å². The highest BCUT2D eigenvalue weighted by atomic mass is 16.6. The smallest absolute Gasteiger partial charge is 0.410 e. The molecule has 1 unspecified atom stereocenters. The Balaban J connectivity index is 2.59. The Bertz CT molecular complexity index is 198. The zero-order chi connectivity index (χ0) is 10.1. The van der Waals surface area contributed by atoms with Crippen molar-refractivity contribution in [3.05, 3.63) is 0 Å². The van der Waals surface area contributed by atoms with Crippen molar-refractivity contribution in [1.29, 1.82) is 0 Å². The molecule has 0 bridgehead atoms. The van der Waals surface area contributed by atoms with Gasteiger partial charge in [0.05, 0.1) is 6.61 Å². The van der Waals surface area contributed by atoms with Crippen molar-refractivity contribution < 1.29 is 14.6 Å². The van der Waals surface area contributed by atoms with Crippen molar-refractivity contribution in [3.8, 4) is 0 Å². The van der Waals surface area contributed by atoms with Gasteiger partial charge >= 0.3 is 6.09 Å². The van der Waals surface area contributed by atoms with Crippen LogP contribution in [0.3, 0.4) is 0 Å². The van der Waals surface area contributed by atoms with Crippen LogP contribution in [0.2, 0.25) is 0 Å². The minimum absolute atomic E-state index is 0.0796. The molecule has 0 saturated carbocycles. The molecule has 1 aliphatic heterocycles. The standard InChI is InChI=1S/C9H17NO3/c1-9(2,3)10-5-4-7(6-11)13-8(10)12/h7,11H,4-6H2,1-3H3. The van der Waals surface area contributed by atoms with Gasteiger partial charge in [0.15, 0.2) is 0 Å². The molecule has 0 radical (unpaired) electrons. The lowest BCUT2D eigenvalue weighted by molar-refractivity contribution is -0.0227. The molecule has 1 N–H and O–H groups in total. The molecule has 0 aliphatic carbocycles. The molecule has 13 heavy (non-hydrogen) atoms. The second-order valence-corrected chi connectivity index (χ2v) is 4.30. The van der Waals surface area contributed by atoms with E-state index >= 15 is 0 Å². The second-order valence-electron chi connectivity index (χ2n) is 4.30. The summed E-state index contributed by atoms with van der Waals surface area (Å²) < 4.78 is 5.01. The summed E-state index contributed by atoms with van der Waals surface area (Å²) in [4.78, 5) is 13.1. The predicted octanol–water partition coefficient (Wildman–Crippen LogP) is 0.988. The molecule has 1 heterocycles. The molecule has 0 aromatic rings.